The smallest absolute Gasteiger partial charge is 0.240 e. The van der Waals surface area contributed by atoms with Crippen LogP contribution in [0.2, 0.25) is 0 Å². The summed E-state index contributed by atoms with van der Waals surface area (Å²) >= 11 is 0. The van der Waals surface area contributed by atoms with Crippen LogP contribution >= 0.6 is 0 Å². The highest BCUT2D eigenvalue weighted by molar-refractivity contribution is 6.13. The second-order valence-electron chi connectivity index (χ2n) is 5.87. The molecule has 0 unspecified atom stereocenters. The van der Waals surface area contributed by atoms with Crippen molar-refractivity contribution in [3.63, 3.8) is 0 Å². The van der Waals surface area contributed by atoms with E-state index in [4.69, 9.17) is 13.9 Å². The van der Waals surface area contributed by atoms with Crippen molar-refractivity contribution in [1.29, 1.82) is 0 Å². The first-order valence-corrected chi connectivity index (χ1v) is 7.93. The molecule has 1 heterocycles. The number of hydrogen-bond donors (Lipinski definition) is 2. The molecule has 132 valence electrons. The summed E-state index contributed by atoms with van der Waals surface area (Å²) in [5, 5.41) is 5.54. The van der Waals surface area contributed by atoms with Crippen LogP contribution in [0, 0.1) is 5.41 Å². The van der Waals surface area contributed by atoms with E-state index in [-0.39, 0.29) is 18.4 Å². The zero-order valence-electron chi connectivity index (χ0n) is 14.1. The Balaban J connectivity index is 1.65. The first-order chi connectivity index (χ1) is 12.1. The molecule has 2 amide bonds. The van der Waals surface area contributed by atoms with Gasteiger partial charge in [0, 0.05) is 11.8 Å². The predicted octanol–water partition coefficient (Wildman–Crippen LogP) is 2.33. The van der Waals surface area contributed by atoms with Gasteiger partial charge in [0.25, 0.3) is 0 Å². The maximum atomic E-state index is 12.6. The zero-order chi connectivity index (χ0) is 17.9. The summed E-state index contributed by atoms with van der Waals surface area (Å²) < 4.78 is 15.6. The van der Waals surface area contributed by atoms with Gasteiger partial charge in [0.2, 0.25) is 11.8 Å². The SMILES string of the molecule is COc1ccc(NC(=O)C2(C(=O)NCc3ccco3)CC2)cc1OC. The Kier molecular flexibility index (Phi) is 4.65. The van der Waals surface area contributed by atoms with E-state index in [1.54, 1.807) is 37.4 Å². The number of carbonyl (C=O) groups excluding carboxylic acids is 2. The quantitative estimate of drug-likeness (QED) is 0.753. The molecule has 0 spiro atoms. The molecule has 2 N–H and O–H groups in total. The van der Waals surface area contributed by atoms with E-state index in [0.717, 1.165) is 0 Å². The summed E-state index contributed by atoms with van der Waals surface area (Å²) in [7, 11) is 3.06. The van der Waals surface area contributed by atoms with Gasteiger partial charge in [-0.2, -0.15) is 0 Å². The molecule has 2 aromatic rings. The van der Waals surface area contributed by atoms with Gasteiger partial charge in [-0.1, -0.05) is 0 Å². The number of carbonyl (C=O) groups is 2. The average molecular weight is 344 g/mol. The lowest BCUT2D eigenvalue weighted by Crippen LogP contribution is -2.39. The maximum absolute atomic E-state index is 12.6. The monoisotopic (exact) mass is 344 g/mol. The van der Waals surface area contributed by atoms with E-state index in [2.05, 4.69) is 10.6 Å². The predicted molar refractivity (Wildman–Crippen MR) is 90.4 cm³/mol. The van der Waals surface area contributed by atoms with Crippen LogP contribution in [0.4, 0.5) is 5.69 Å². The highest BCUT2D eigenvalue weighted by Gasteiger charge is 2.56. The third kappa shape index (κ3) is 3.45. The van der Waals surface area contributed by atoms with Crippen LogP contribution in [0.5, 0.6) is 11.5 Å². The largest absolute Gasteiger partial charge is 0.493 e. The lowest BCUT2D eigenvalue weighted by atomic mass is 10.0. The molecule has 1 saturated carbocycles. The van der Waals surface area contributed by atoms with E-state index in [0.29, 0.717) is 35.8 Å². The number of hydrogen-bond acceptors (Lipinski definition) is 5. The molecule has 0 radical (unpaired) electrons. The summed E-state index contributed by atoms with van der Waals surface area (Å²) in [6.45, 7) is 0.261. The van der Waals surface area contributed by atoms with Gasteiger partial charge in [-0.15, -0.1) is 0 Å². The molecule has 1 aliphatic carbocycles. The Labute approximate surface area is 145 Å². The minimum absolute atomic E-state index is 0.261. The molecule has 0 atom stereocenters. The molecule has 7 nitrogen and oxygen atoms in total. The Hall–Kier alpha value is -2.96. The van der Waals surface area contributed by atoms with Crippen LogP contribution in [-0.4, -0.2) is 26.0 Å². The zero-order valence-corrected chi connectivity index (χ0v) is 14.1. The minimum atomic E-state index is -1.01. The number of methoxy groups -OCH3 is 2. The van der Waals surface area contributed by atoms with Crippen molar-refractivity contribution in [2.75, 3.05) is 19.5 Å². The molecule has 0 aliphatic heterocycles. The molecular formula is C18H20N2O5. The fourth-order valence-corrected chi connectivity index (χ4v) is 2.60. The number of amides is 2. The van der Waals surface area contributed by atoms with Crippen LogP contribution in [0.15, 0.2) is 41.0 Å². The van der Waals surface area contributed by atoms with Crippen molar-refractivity contribution in [2.45, 2.75) is 19.4 Å². The number of anilines is 1. The topological polar surface area (TPSA) is 89.8 Å². The van der Waals surface area contributed by atoms with Crippen molar-refractivity contribution in [3.05, 3.63) is 42.4 Å². The van der Waals surface area contributed by atoms with Gasteiger partial charge < -0.3 is 24.5 Å². The molecule has 1 aliphatic rings. The molecule has 1 aromatic carbocycles. The fraction of sp³-hybridized carbons (Fsp3) is 0.333. The Morgan fingerprint density at radius 1 is 1.12 bits per heavy atom. The lowest BCUT2D eigenvalue weighted by molar-refractivity contribution is -0.134. The molecule has 0 saturated heterocycles. The summed E-state index contributed by atoms with van der Waals surface area (Å²) in [5.41, 5.74) is -0.465. The third-order valence-corrected chi connectivity index (χ3v) is 4.26. The van der Waals surface area contributed by atoms with Crippen LogP contribution in [0.3, 0.4) is 0 Å². The Bertz CT molecular complexity index is 766. The number of furan rings is 1. The van der Waals surface area contributed by atoms with E-state index >= 15 is 0 Å². The standard InChI is InChI=1S/C18H20N2O5/c1-23-14-6-5-12(10-15(14)24-2)20-17(22)18(7-8-18)16(21)19-11-13-4-3-9-25-13/h3-6,9-10H,7-8,11H2,1-2H3,(H,19,21)(H,20,22). The van der Waals surface area contributed by atoms with Crippen molar-refractivity contribution < 1.29 is 23.5 Å². The molecular weight excluding hydrogens is 324 g/mol. The van der Waals surface area contributed by atoms with Gasteiger partial charge in [-0.3, -0.25) is 9.59 Å². The van der Waals surface area contributed by atoms with Gasteiger partial charge in [0.15, 0.2) is 11.5 Å². The first-order valence-electron chi connectivity index (χ1n) is 7.93. The van der Waals surface area contributed by atoms with E-state index in [9.17, 15) is 9.59 Å². The number of nitrogens with one attached hydrogen (secondary N) is 2. The second kappa shape index (κ2) is 6.88. The van der Waals surface area contributed by atoms with E-state index < -0.39 is 5.41 Å². The van der Waals surface area contributed by atoms with Gasteiger partial charge in [-0.25, -0.2) is 0 Å². The molecule has 7 heteroatoms. The van der Waals surface area contributed by atoms with E-state index in [1.807, 2.05) is 0 Å². The van der Waals surface area contributed by atoms with Crippen LogP contribution in [0.25, 0.3) is 0 Å². The van der Waals surface area contributed by atoms with Gasteiger partial charge in [0.1, 0.15) is 11.2 Å². The molecule has 1 fully saturated rings. The summed E-state index contributed by atoms with van der Waals surface area (Å²) in [6, 6.07) is 8.58. The fourth-order valence-electron chi connectivity index (χ4n) is 2.60. The molecule has 1 aromatic heterocycles. The highest BCUT2D eigenvalue weighted by atomic mass is 16.5. The van der Waals surface area contributed by atoms with Crippen LogP contribution < -0.4 is 20.1 Å². The van der Waals surface area contributed by atoms with Crippen molar-refractivity contribution in [1.82, 2.24) is 5.32 Å². The van der Waals surface area contributed by atoms with Crippen molar-refractivity contribution in [2.24, 2.45) is 5.41 Å². The molecule has 0 bridgehead atoms. The van der Waals surface area contributed by atoms with Gasteiger partial charge >= 0.3 is 0 Å². The summed E-state index contributed by atoms with van der Waals surface area (Å²) in [5.74, 6) is 1.10. The number of ether oxygens (including phenoxy) is 2. The summed E-state index contributed by atoms with van der Waals surface area (Å²) in [4.78, 5) is 25.0. The maximum Gasteiger partial charge on any atom is 0.240 e. The average Bonchev–Trinajstić information content (AvgIpc) is 3.29. The van der Waals surface area contributed by atoms with Gasteiger partial charge in [-0.05, 0) is 37.1 Å². The summed E-state index contributed by atoms with van der Waals surface area (Å²) in [6.07, 6.45) is 2.59. The van der Waals surface area contributed by atoms with Crippen LogP contribution in [-0.2, 0) is 16.1 Å². The normalized spacial score (nSPS) is 14.5. The Morgan fingerprint density at radius 3 is 2.48 bits per heavy atom. The van der Waals surface area contributed by atoms with Crippen molar-refractivity contribution in [3.8, 4) is 11.5 Å². The third-order valence-electron chi connectivity index (χ3n) is 4.26. The number of benzene rings is 1. The second-order valence-corrected chi connectivity index (χ2v) is 5.87. The first kappa shape index (κ1) is 16.9. The highest BCUT2D eigenvalue weighted by Crippen LogP contribution is 2.47. The molecule has 3 rings (SSSR count). The van der Waals surface area contributed by atoms with Crippen molar-refractivity contribution >= 4 is 17.5 Å². The lowest BCUT2D eigenvalue weighted by Gasteiger charge is -2.16. The van der Waals surface area contributed by atoms with E-state index in [1.165, 1.54) is 13.4 Å². The molecule has 25 heavy (non-hydrogen) atoms. The van der Waals surface area contributed by atoms with Gasteiger partial charge in [0.05, 0.1) is 27.0 Å². The minimum Gasteiger partial charge on any atom is -0.493 e. The Morgan fingerprint density at radius 2 is 1.88 bits per heavy atom. The van der Waals surface area contributed by atoms with Crippen LogP contribution in [0.1, 0.15) is 18.6 Å². The number of rotatable bonds is 7.